The van der Waals surface area contributed by atoms with E-state index in [0.29, 0.717) is 17.3 Å². The highest BCUT2D eigenvalue weighted by Crippen LogP contribution is 2.23. The van der Waals surface area contributed by atoms with Gasteiger partial charge in [0.15, 0.2) is 0 Å². The van der Waals surface area contributed by atoms with Crippen molar-refractivity contribution < 1.29 is 13.9 Å². The van der Waals surface area contributed by atoms with Gasteiger partial charge in [-0.3, -0.25) is 4.90 Å². The molecule has 1 aromatic heterocycles. The molecule has 0 aliphatic carbocycles. The van der Waals surface area contributed by atoms with E-state index in [4.69, 9.17) is 20.8 Å². The summed E-state index contributed by atoms with van der Waals surface area (Å²) in [5.41, 5.74) is 0.932. The van der Waals surface area contributed by atoms with Crippen LogP contribution in [0.5, 0.6) is 0 Å². The lowest BCUT2D eigenvalue weighted by molar-refractivity contribution is 0.0990. The Labute approximate surface area is 163 Å². The average molecular weight is 388 g/mol. The van der Waals surface area contributed by atoms with Crippen LogP contribution in [0.1, 0.15) is 25.0 Å². The number of likely N-dealkylation sites (tertiary alicyclic amines) is 1. The number of rotatable bonds is 5. The molecule has 6 nitrogen and oxygen atoms in total. The lowest BCUT2D eigenvalue weighted by atomic mass is 10.1. The third-order valence-electron chi connectivity index (χ3n) is 4.85. The maximum atomic E-state index is 12.0. The van der Waals surface area contributed by atoms with Gasteiger partial charge in [-0.15, -0.1) is 0 Å². The van der Waals surface area contributed by atoms with Crippen LogP contribution in [0, 0.1) is 0 Å². The Hall–Kier alpha value is -2.31. The molecule has 1 amide bonds. The van der Waals surface area contributed by atoms with Crippen LogP contribution < -0.4 is 0 Å². The molecule has 2 fully saturated rings. The molecule has 3 heterocycles. The first kappa shape index (κ1) is 18.1. The number of ether oxygens (including phenoxy) is 1. The highest BCUT2D eigenvalue weighted by molar-refractivity contribution is 6.30. The van der Waals surface area contributed by atoms with E-state index in [9.17, 15) is 4.79 Å². The van der Waals surface area contributed by atoms with Gasteiger partial charge < -0.3 is 9.15 Å². The van der Waals surface area contributed by atoms with E-state index in [0.717, 1.165) is 31.0 Å². The number of hydrogen-bond donors (Lipinski definition) is 0. The third kappa shape index (κ3) is 4.51. The van der Waals surface area contributed by atoms with Crippen LogP contribution >= 0.6 is 11.6 Å². The molecule has 2 aromatic rings. The number of benzene rings is 1. The molecule has 1 unspecified atom stereocenters. The lowest BCUT2D eigenvalue weighted by Gasteiger charge is -2.27. The van der Waals surface area contributed by atoms with Crippen LogP contribution in [-0.4, -0.2) is 54.5 Å². The summed E-state index contributed by atoms with van der Waals surface area (Å²) in [6.45, 7) is 3.41. The molecule has 27 heavy (non-hydrogen) atoms. The van der Waals surface area contributed by atoms with E-state index in [1.165, 1.54) is 24.3 Å². The van der Waals surface area contributed by atoms with Gasteiger partial charge in [0.05, 0.1) is 12.8 Å². The van der Waals surface area contributed by atoms with Crippen molar-refractivity contribution in [1.82, 2.24) is 9.91 Å². The molecule has 142 valence electrons. The quantitative estimate of drug-likeness (QED) is 0.720. The maximum absolute atomic E-state index is 12.0. The predicted molar refractivity (Wildman–Crippen MR) is 104 cm³/mol. The fourth-order valence-electron chi connectivity index (χ4n) is 3.45. The average Bonchev–Trinajstić information content (AvgIpc) is 3.28. The van der Waals surface area contributed by atoms with E-state index in [2.05, 4.69) is 10.0 Å². The number of carbonyl (C=O) groups excluding carboxylic acids is 1. The summed E-state index contributed by atoms with van der Waals surface area (Å²) in [5, 5.41) is 6.28. The smallest absolute Gasteiger partial charge is 0.430 e. The van der Waals surface area contributed by atoms with E-state index in [1.54, 1.807) is 6.21 Å². The maximum Gasteiger partial charge on any atom is 0.430 e. The first-order valence-corrected chi connectivity index (χ1v) is 9.65. The van der Waals surface area contributed by atoms with Crippen molar-refractivity contribution in [3.63, 3.8) is 0 Å². The highest BCUT2D eigenvalue weighted by atomic mass is 35.5. The summed E-state index contributed by atoms with van der Waals surface area (Å²) >= 11 is 5.91. The van der Waals surface area contributed by atoms with Crippen molar-refractivity contribution >= 4 is 23.9 Å². The predicted octanol–water partition coefficient (Wildman–Crippen LogP) is 4.24. The topological polar surface area (TPSA) is 58.3 Å². The van der Waals surface area contributed by atoms with Crippen molar-refractivity contribution in [2.75, 3.05) is 26.2 Å². The van der Waals surface area contributed by atoms with Crippen LogP contribution in [0.2, 0.25) is 5.02 Å². The molecule has 2 saturated heterocycles. The number of hydrogen-bond acceptors (Lipinski definition) is 5. The Morgan fingerprint density at radius 2 is 1.89 bits per heavy atom. The van der Waals surface area contributed by atoms with Gasteiger partial charge in [-0.1, -0.05) is 18.0 Å². The minimum absolute atomic E-state index is 0.131. The van der Waals surface area contributed by atoms with Crippen LogP contribution in [0.15, 0.2) is 45.9 Å². The SMILES string of the molecule is O=C1OC(CN2CCCCC2)CN1/N=C/c1ccc(-c2ccc(Cl)cc2)o1. The molecule has 2 aliphatic rings. The lowest BCUT2D eigenvalue weighted by Crippen LogP contribution is -2.37. The minimum Gasteiger partial charge on any atom is -0.455 e. The number of cyclic esters (lactones) is 1. The second-order valence-electron chi connectivity index (χ2n) is 6.90. The first-order chi connectivity index (χ1) is 13.2. The Morgan fingerprint density at radius 1 is 1.11 bits per heavy atom. The van der Waals surface area contributed by atoms with Gasteiger partial charge >= 0.3 is 6.09 Å². The fraction of sp³-hybridized carbons (Fsp3) is 0.400. The third-order valence-corrected chi connectivity index (χ3v) is 5.10. The summed E-state index contributed by atoms with van der Waals surface area (Å²) < 4.78 is 11.2. The standard InChI is InChI=1S/C20H22ClN3O3/c21-16-6-4-15(5-7-16)19-9-8-17(26-19)12-22-24-14-18(27-20(24)25)13-23-10-2-1-3-11-23/h4-9,12,18H,1-3,10-11,13-14H2/b22-12+. The molecule has 2 aliphatic heterocycles. The largest absolute Gasteiger partial charge is 0.455 e. The number of halogens is 1. The van der Waals surface area contributed by atoms with Crippen molar-refractivity contribution in [3.8, 4) is 11.3 Å². The van der Waals surface area contributed by atoms with Crippen molar-refractivity contribution in [2.45, 2.75) is 25.4 Å². The van der Waals surface area contributed by atoms with Gasteiger partial charge in [0.25, 0.3) is 0 Å². The Balaban J connectivity index is 1.35. The molecule has 0 saturated carbocycles. The van der Waals surface area contributed by atoms with Gasteiger partial charge in [-0.2, -0.15) is 10.1 Å². The first-order valence-electron chi connectivity index (χ1n) is 9.28. The van der Waals surface area contributed by atoms with Crippen LogP contribution in [0.25, 0.3) is 11.3 Å². The zero-order valence-corrected chi connectivity index (χ0v) is 15.8. The monoisotopic (exact) mass is 387 g/mol. The summed E-state index contributed by atoms with van der Waals surface area (Å²) in [5.74, 6) is 1.30. The molecule has 1 atom stereocenters. The number of carbonyl (C=O) groups is 1. The van der Waals surface area contributed by atoms with Gasteiger partial charge in [0.2, 0.25) is 0 Å². The Bertz CT molecular complexity index is 812. The Morgan fingerprint density at radius 3 is 2.67 bits per heavy atom. The molecule has 0 spiro atoms. The van der Waals surface area contributed by atoms with Gasteiger partial charge in [-0.25, -0.2) is 4.79 Å². The molecular weight excluding hydrogens is 366 g/mol. The number of piperidine rings is 1. The molecule has 0 N–H and O–H groups in total. The number of amides is 1. The molecule has 1 aromatic carbocycles. The zero-order valence-electron chi connectivity index (χ0n) is 15.0. The molecule has 4 rings (SSSR count). The normalized spacial score (nSPS) is 21.1. The minimum atomic E-state index is -0.405. The summed E-state index contributed by atoms with van der Waals surface area (Å²) in [6, 6.07) is 11.1. The highest BCUT2D eigenvalue weighted by Gasteiger charge is 2.32. The van der Waals surface area contributed by atoms with Crippen molar-refractivity contribution in [1.29, 1.82) is 0 Å². The zero-order chi connectivity index (χ0) is 18.6. The van der Waals surface area contributed by atoms with Gasteiger partial charge in [0.1, 0.15) is 17.6 Å². The van der Waals surface area contributed by atoms with Crippen LogP contribution in [0.4, 0.5) is 4.79 Å². The van der Waals surface area contributed by atoms with Gasteiger partial charge in [0, 0.05) is 17.1 Å². The summed E-state index contributed by atoms with van der Waals surface area (Å²) in [4.78, 5) is 14.4. The molecular formula is C20H22ClN3O3. The van der Waals surface area contributed by atoms with E-state index in [1.807, 2.05) is 36.4 Å². The number of furan rings is 1. The number of hydrazone groups is 1. The second kappa shape index (κ2) is 8.15. The summed E-state index contributed by atoms with van der Waals surface area (Å²) in [6.07, 6.45) is 4.74. The van der Waals surface area contributed by atoms with Crippen molar-refractivity contribution in [2.24, 2.45) is 5.10 Å². The van der Waals surface area contributed by atoms with E-state index in [-0.39, 0.29) is 6.10 Å². The molecule has 0 bridgehead atoms. The number of nitrogens with zero attached hydrogens (tertiary/aromatic N) is 3. The fourth-order valence-corrected chi connectivity index (χ4v) is 3.57. The molecule has 0 radical (unpaired) electrons. The molecule has 7 heteroatoms. The van der Waals surface area contributed by atoms with E-state index >= 15 is 0 Å². The van der Waals surface area contributed by atoms with Crippen LogP contribution in [0.3, 0.4) is 0 Å². The second-order valence-corrected chi connectivity index (χ2v) is 7.34. The van der Waals surface area contributed by atoms with Crippen LogP contribution in [-0.2, 0) is 4.74 Å². The summed E-state index contributed by atoms with van der Waals surface area (Å²) in [7, 11) is 0. The van der Waals surface area contributed by atoms with Gasteiger partial charge in [-0.05, 0) is 62.3 Å². The van der Waals surface area contributed by atoms with E-state index < -0.39 is 6.09 Å². The Kier molecular flexibility index (Phi) is 5.45. The van der Waals surface area contributed by atoms with Crippen molar-refractivity contribution in [3.05, 3.63) is 47.2 Å².